The van der Waals surface area contributed by atoms with Gasteiger partial charge < -0.3 is 5.32 Å². The molecule has 1 aliphatic heterocycles. The molecule has 0 aliphatic carbocycles. The fraction of sp³-hybridized carbons (Fsp3) is 0.357. The standard InChI is InChI=1S/C14H15N3OS/c1-8-12(9(2)18)13(10-4-3-5-16-7-10)11(6-15)14(19)17-8/h3-5,7,11,13-14,17,19H,1-2H3/t11-,13-,14-/m0/s1. The number of nitrogens with one attached hydrogen (secondary N) is 1. The molecule has 0 unspecified atom stereocenters. The van der Waals surface area contributed by atoms with E-state index in [-0.39, 0.29) is 17.1 Å². The van der Waals surface area contributed by atoms with E-state index in [0.29, 0.717) is 5.57 Å². The number of aromatic nitrogens is 1. The lowest BCUT2D eigenvalue weighted by Crippen LogP contribution is -2.41. The molecular formula is C14H15N3OS. The van der Waals surface area contributed by atoms with Crippen LogP contribution in [0.1, 0.15) is 25.3 Å². The lowest BCUT2D eigenvalue weighted by molar-refractivity contribution is -0.114. The van der Waals surface area contributed by atoms with Gasteiger partial charge in [0, 0.05) is 29.6 Å². The van der Waals surface area contributed by atoms with Crippen LogP contribution in [0.15, 0.2) is 35.8 Å². The second kappa shape index (κ2) is 5.45. The Hall–Kier alpha value is -1.80. The van der Waals surface area contributed by atoms with E-state index >= 15 is 0 Å². The van der Waals surface area contributed by atoms with Crippen molar-refractivity contribution < 1.29 is 4.79 Å². The number of rotatable bonds is 2. The van der Waals surface area contributed by atoms with E-state index in [1.54, 1.807) is 12.4 Å². The van der Waals surface area contributed by atoms with Crippen molar-refractivity contribution >= 4 is 18.4 Å². The van der Waals surface area contributed by atoms with Gasteiger partial charge in [-0.15, -0.1) is 0 Å². The number of hydrogen-bond donors (Lipinski definition) is 2. The number of ketones is 1. The number of carbonyl (C=O) groups is 1. The van der Waals surface area contributed by atoms with Crippen LogP contribution in [-0.2, 0) is 4.79 Å². The van der Waals surface area contributed by atoms with Crippen LogP contribution in [0.2, 0.25) is 0 Å². The summed E-state index contributed by atoms with van der Waals surface area (Å²) >= 11 is 4.41. The topological polar surface area (TPSA) is 65.8 Å². The van der Waals surface area contributed by atoms with Gasteiger partial charge in [0.05, 0.1) is 17.4 Å². The first-order valence-electron chi connectivity index (χ1n) is 6.02. The molecule has 1 aliphatic rings. The summed E-state index contributed by atoms with van der Waals surface area (Å²) in [6.45, 7) is 3.37. The van der Waals surface area contributed by atoms with Crippen LogP contribution in [0.4, 0.5) is 0 Å². The molecule has 4 nitrogen and oxygen atoms in total. The van der Waals surface area contributed by atoms with Crippen LogP contribution in [0.3, 0.4) is 0 Å². The van der Waals surface area contributed by atoms with E-state index in [1.165, 1.54) is 6.92 Å². The summed E-state index contributed by atoms with van der Waals surface area (Å²) in [6, 6.07) is 5.96. The van der Waals surface area contributed by atoms with Crippen molar-refractivity contribution in [2.75, 3.05) is 0 Å². The maximum atomic E-state index is 11.9. The zero-order valence-corrected chi connectivity index (χ0v) is 11.7. The summed E-state index contributed by atoms with van der Waals surface area (Å²) in [4.78, 5) is 16.0. The first-order valence-corrected chi connectivity index (χ1v) is 6.53. The van der Waals surface area contributed by atoms with Crippen molar-refractivity contribution in [1.82, 2.24) is 10.3 Å². The minimum atomic E-state index is -0.407. The molecule has 1 N–H and O–H groups in total. The minimum absolute atomic E-state index is 0.0284. The number of hydrogen-bond acceptors (Lipinski definition) is 5. The van der Waals surface area contributed by atoms with Crippen LogP contribution in [-0.4, -0.2) is 16.1 Å². The van der Waals surface area contributed by atoms with E-state index in [1.807, 2.05) is 19.1 Å². The summed E-state index contributed by atoms with van der Waals surface area (Å²) in [5, 5.41) is 12.2. The van der Waals surface area contributed by atoms with Gasteiger partial charge in [0.25, 0.3) is 0 Å². The summed E-state index contributed by atoms with van der Waals surface area (Å²) in [5.74, 6) is -0.714. The molecule has 2 rings (SSSR count). The third kappa shape index (κ3) is 2.49. The number of carbonyl (C=O) groups excluding carboxylic acids is 1. The molecule has 3 atom stereocenters. The molecule has 1 aromatic heterocycles. The Kier molecular flexibility index (Phi) is 3.91. The molecule has 98 valence electrons. The van der Waals surface area contributed by atoms with Gasteiger partial charge in [-0.2, -0.15) is 17.9 Å². The predicted octanol–water partition coefficient (Wildman–Crippen LogP) is 2.03. The number of Topliss-reactive ketones (excluding diaryl/α,β-unsaturated/α-hetero) is 1. The molecule has 19 heavy (non-hydrogen) atoms. The van der Waals surface area contributed by atoms with Crippen LogP contribution >= 0.6 is 12.6 Å². The largest absolute Gasteiger partial charge is 0.375 e. The van der Waals surface area contributed by atoms with Crippen LogP contribution in [0.25, 0.3) is 0 Å². The van der Waals surface area contributed by atoms with E-state index in [9.17, 15) is 10.1 Å². The molecule has 0 aromatic carbocycles. The van der Waals surface area contributed by atoms with Crippen molar-refractivity contribution in [2.24, 2.45) is 5.92 Å². The van der Waals surface area contributed by atoms with Gasteiger partial charge in [0.15, 0.2) is 5.78 Å². The Balaban J connectivity index is 2.59. The maximum Gasteiger partial charge on any atom is 0.158 e. The molecule has 0 radical (unpaired) electrons. The van der Waals surface area contributed by atoms with Gasteiger partial charge in [-0.3, -0.25) is 9.78 Å². The highest BCUT2D eigenvalue weighted by Gasteiger charge is 2.38. The third-order valence-electron chi connectivity index (χ3n) is 3.35. The van der Waals surface area contributed by atoms with E-state index in [4.69, 9.17) is 0 Å². The number of allylic oxidation sites excluding steroid dienone is 2. The van der Waals surface area contributed by atoms with E-state index in [0.717, 1.165) is 11.3 Å². The summed E-state index contributed by atoms with van der Waals surface area (Å²) in [5.41, 5.74) is 2.30. The number of pyridine rings is 1. The molecule has 0 fully saturated rings. The fourth-order valence-corrected chi connectivity index (χ4v) is 2.98. The van der Waals surface area contributed by atoms with Crippen LogP contribution in [0, 0.1) is 17.2 Å². The Morgan fingerprint density at radius 1 is 1.58 bits per heavy atom. The summed E-state index contributed by atoms with van der Waals surface area (Å²) < 4.78 is 0. The molecule has 0 bridgehead atoms. The highest BCUT2D eigenvalue weighted by Crippen LogP contribution is 2.39. The Labute approximate surface area is 117 Å². The zero-order valence-electron chi connectivity index (χ0n) is 10.8. The monoisotopic (exact) mass is 273 g/mol. The summed E-state index contributed by atoms with van der Waals surface area (Å²) in [7, 11) is 0. The van der Waals surface area contributed by atoms with Gasteiger partial charge >= 0.3 is 0 Å². The Bertz CT molecular complexity index is 562. The van der Waals surface area contributed by atoms with Crippen molar-refractivity contribution in [3.8, 4) is 6.07 Å². The normalized spacial score (nSPS) is 26.5. The minimum Gasteiger partial charge on any atom is -0.375 e. The number of thiol groups is 1. The molecule has 2 heterocycles. The molecule has 5 heteroatoms. The summed E-state index contributed by atoms with van der Waals surface area (Å²) in [6.07, 6.45) is 3.38. The second-order valence-electron chi connectivity index (χ2n) is 4.60. The van der Waals surface area contributed by atoms with Gasteiger partial charge in [0.1, 0.15) is 0 Å². The quantitative estimate of drug-likeness (QED) is 0.809. The van der Waals surface area contributed by atoms with Crippen LogP contribution < -0.4 is 5.32 Å². The highest BCUT2D eigenvalue weighted by atomic mass is 32.1. The average Bonchev–Trinajstić information content (AvgIpc) is 2.38. The smallest absolute Gasteiger partial charge is 0.158 e. The second-order valence-corrected chi connectivity index (χ2v) is 5.16. The lowest BCUT2D eigenvalue weighted by Gasteiger charge is -2.35. The van der Waals surface area contributed by atoms with Crippen molar-refractivity contribution in [3.05, 3.63) is 41.4 Å². The molecule has 0 saturated heterocycles. The molecule has 0 amide bonds. The van der Waals surface area contributed by atoms with Crippen molar-refractivity contribution in [3.63, 3.8) is 0 Å². The Morgan fingerprint density at radius 2 is 2.32 bits per heavy atom. The SMILES string of the molecule is CC(=O)C1=C(C)N[C@@H](S)[C@@H](C#N)[C@@H]1c1cccnc1. The fourth-order valence-electron chi connectivity index (χ4n) is 2.55. The maximum absolute atomic E-state index is 11.9. The zero-order chi connectivity index (χ0) is 14.0. The van der Waals surface area contributed by atoms with Gasteiger partial charge in [0.2, 0.25) is 0 Å². The van der Waals surface area contributed by atoms with Crippen molar-refractivity contribution in [2.45, 2.75) is 25.1 Å². The highest BCUT2D eigenvalue weighted by molar-refractivity contribution is 7.80. The molecule has 0 saturated carbocycles. The van der Waals surface area contributed by atoms with Crippen molar-refractivity contribution in [1.29, 1.82) is 5.26 Å². The van der Waals surface area contributed by atoms with Crippen LogP contribution in [0.5, 0.6) is 0 Å². The first-order chi connectivity index (χ1) is 9.06. The Morgan fingerprint density at radius 3 is 2.84 bits per heavy atom. The first kappa shape index (κ1) is 13.6. The van der Waals surface area contributed by atoms with Gasteiger partial charge in [-0.25, -0.2) is 0 Å². The number of nitriles is 1. The van der Waals surface area contributed by atoms with Gasteiger partial charge in [-0.05, 0) is 25.5 Å². The van der Waals surface area contributed by atoms with Gasteiger partial charge in [-0.1, -0.05) is 6.07 Å². The molecule has 0 spiro atoms. The number of nitrogens with zero attached hydrogens (tertiary/aromatic N) is 2. The lowest BCUT2D eigenvalue weighted by atomic mass is 9.77. The third-order valence-corrected chi connectivity index (χ3v) is 3.80. The molecule has 1 aromatic rings. The van der Waals surface area contributed by atoms with E-state index < -0.39 is 5.92 Å². The molecular weight excluding hydrogens is 258 g/mol. The predicted molar refractivity (Wildman–Crippen MR) is 75.4 cm³/mol. The average molecular weight is 273 g/mol. The van der Waals surface area contributed by atoms with E-state index in [2.05, 4.69) is 29.0 Å².